The zero-order valence-electron chi connectivity index (χ0n) is 12.6. The number of amides is 1. The van der Waals surface area contributed by atoms with Crippen LogP contribution in [0.1, 0.15) is 35.2 Å². The number of benzene rings is 2. The zero-order valence-corrected chi connectivity index (χ0v) is 13.3. The maximum absolute atomic E-state index is 12.9. The number of carboxylic acid groups (broad SMARTS) is 1. The van der Waals surface area contributed by atoms with Gasteiger partial charge >= 0.3 is 5.97 Å². The summed E-state index contributed by atoms with van der Waals surface area (Å²) in [6.45, 7) is 1.87. The van der Waals surface area contributed by atoms with Gasteiger partial charge in [0.05, 0.1) is 5.92 Å². The topological polar surface area (TPSA) is 57.6 Å². The van der Waals surface area contributed by atoms with Gasteiger partial charge in [0, 0.05) is 22.3 Å². The van der Waals surface area contributed by atoms with E-state index in [9.17, 15) is 14.7 Å². The van der Waals surface area contributed by atoms with Crippen molar-refractivity contribution in [2.75, 3.05) is 4.90 Å². The van der Waals surface area contributed by atoms with Crippen molar-refractivity contribution in [3.05, 3.63) is 64.7 Å². The summed E-state index contributed by atoms with van der Waals surface area (Å²) in [7, 11) is 0. The second kappa shape index (κ2) is 6.05. The van der Waals surface area contributed by atoms with Crippen LogP contribution in [0, 0.1) is 0 Å². The average molecular weight is 330 g/mol. The number of halogens is 1. The smallest absolute Gasteiger partial charge is 0.311 e. The van der Waals surface area contributed by atoms with E-state index in [-0.39, 0.29) is 11.9 Å². The molecular formula is C18H16ClNO3. The number of carbonyl (C=O) groups is 2. The van der Waals surface area contributed by atoms with E-state index < -0.39 is 11.9 Å². The predicted molar refractivity (Wildman–Crippen MR) is 89.2 cm³/mol. The Kier molecular flexibility index (Phi) is 4.09. The van der Waals surface area contributed by atoms with Gasteiger partial charge in [0.25, 0.3) is 5.91 Å². The van der Waals surface area contributed by atoms with Crippen LogP contribution in [0.25, 0.3) is 0 Å². The second-order valence-electron chi connectivity index (χ2n) is 5.72. The Morgan fingerprint density at radius 2 is 1.78 bits per heavy atom. The van der Waals surface area contributed by atoms with E-state index in [1.165, 1.54) is 0 Å². The lowest BCUT2D eigenvalue weighted by Crippen LogP contribution is -2.44. The zero-order chi connectivity index (χ0) is 16.6. The molecule has 4 nitrogen and oxygen atoms in total. The summed E-state index contributed by atoms with van der Waals surface area (Å²) in [4.78, 5) is 26.1. The summed E-state index contributed by atoms with van der Waals surface area (Å²) in [6.07, 6.45) is 0.395. The largest absolute Gasteiger partial charge is 0.481 e. The Hall–Kier alpha value is -2.33. The lowest BCUT2D eigenvalue weighted by atomic mass is 9.85. The van der Waals surface area contributed by atoms with E-state index in [2.05, 4.69) is 0 Å². The molecule has 118 valence electrons. The molecule has 23 heavy (non-hydrogen) atoms. The first kappa shape index (κ1) is 15.6. The first-order chi connectivity index (χ1) is 11.0. The summed E-state index contributed by atoms with van der Waals surface area (Å²) < 4.78 is 0. The molecule has 0 fully saturated rings. The van der Waals surface area contributed by atoms with Crippen molar-refractivity contribution < 1.29 is 14.7 Å². The minimum Gasteiger partial charge on any atom is -0.481 e. The van der Waals surface area contributed by atoms with Crippen molar-refractivity contribution in [1.29, 1.82) is 0 Å². The van der Waals surface area contributed by atoms with E-state index in [1.807, 2.05) is 13.0 Å². The molecule has 2 aromatic carbocycles. The van der Waals surface area contributed by atoms with E-state index in [0.29, 0.717) is 28.3 Å². The molecule has 0 saturated carbocycles. The van der Waals surface area contributed by atoms with Crippen molar-refractivity contribution in [2.45, 2.75) is 25.3 Å². The number of carbonyl (C=O) groups excluding carboxylic acids is 1. The van der Waals surface area contributed by atoms with Crippen LogP contribution in [0.2, 0.25) is 5.02 Å². The summed E-state index contributed by atoms with van der Waals surface area (Å²) >= 11 is 5.88. The molecule has 0 spiro atoms. The number of rotatable bonds is 2. The number of para-hydroxylation sites is 1. The molecule has 1 amide bonds. The lowest BCUT2D eigenvalue weighted by molar-refractivity contribution is -0.139. The van der Waals surface area contributed by atoms with Crippen LogP contribution >= 0.6 is 11.6 Å². The van der Waals surface area contributed by atoms with E-state index in [1.54, 1.807) is 47.4 Å². The van der Waals surface area contributed by atoms with Crippen LogP contribution < -0.4 is 4.90 Å². The summed E-state index contributed by atoms with van der Waals surface area (Å²) in [5, 5.41) is 10.0. The van der Waals surface area contributed by atoms with Gasteiger partial charge in [-0.3, -0.25) is 9.59 Å². The Bertz CT molecular complexity index is 757. The fourth-order valence-corrected chi connectivity index (χ4v) is 3.21. The van der Waals surface area contributed by atoms with Crippen molar-refractivity contribution in [1.82, 2.24) is 0 Å². The SMILES string of the molecule is CC1CC(C(=O)O)c2ccccc2N1C(=O)c1ccc(Cl)cc1. The molecule has 1 N–H and O–H groups in total. The normalized spacial score (nSPS) is 20.0. The van der Waals surface area contributed by atoms with E-state index in [4.69, 9.17) is 11.6 Å². The lowest BCUT2D eigenvalue weighted by Gasteiger charge is -2.38. The van der Waals surface area contributed by atoms with Crippen LogP contribution in [0.5, 0.6) is 0 Å². The molecule has 1 heterocycles. The average Bonchev–Trinajstić information content (AvgIpc) is 2.54. The quantitative estimate of drug-likeness (QED) is 0.907. The standard InChI is InChI=1S/C18H16ClNO3/c1-11-10-15(18(22)23)14-4-2-3-5-16(14)20(11)17(21)12-6-8-13(19)9-7-12/h2-9,11,15H,10H2,1H3,(H,22,23). The Balaban J connectivity index is 2.05. The molecule has 0 aliphatic carbocycles. The molecule has 0 aromatic heterocycles. The van der Waals surface area contributed by atoms with E-state index in [0.717, 1.165) is 0 Å². The predicted octanol–water partition coefficient (Wildman–Crippen LogP) is 3.95. The molecule has 1 aliphatic heterocycles. The second-order valence-corrected chi connectivity index (χ2v) is 6.15. The van der Waals surface area contributed by atoms with Gasteiger partial charge in [-0.05, 0) is 49.2 Å². The molecule has 0 saturated heterocycles. The molecule has 2 atom stereocenters. The van der Waals surface area contributed by atoms with Crippen LogP contribution in [0.15, 0.2) is 48.5 Å². The first-order valence-electron chi connectivity index (χ1n) is 7.40. The van der Waals surface area contributed by atoms with Crippen LogP contribution in [-0.2, 0) is 4.79 Å². The minimum absolute atomic E-state index is 0.148. The highest BCUT2D eigenvalue weighted by molar-refractivity contribution is 6.30. The highest BCUT2D eigenvalue weighted by Crippen LogP contribution is 2.39. The molecule has 0 bridgehead atoms. The van der Waals surface area contributed by atoms with Gasteiger partial charge in [0.1, 0.15) is 0 Å². The van der Waals surface area contributed by atoms with E-state index >= 15 is 0 Å². The van der Waals surface area contributed by atoms with Crippen LogP contribution in [-0.4, -0.2) is 23.0 Å². The van der Waals surface area contributed by atoms with Crippen molar-refractivity contribution in [2.24, 2.45) is 0 Å². The van der Waals surface area contributed by atoms with Gasteiger partial charge in [-0.2, -0.15) is 0 Å². The number of aliphatic carboxylic acids is 1. The Morgan fingerprint density at radius 3 is 2.43 bits per heavy atom. The maximum atomic E-state index is 12.9. The van der Waals surface area contributed by atoms with Crippen LogP contribution in [0.4, 0.5) is 5.69 Å². The van der Waals surface area contributed by atoms with Gasteiger partial charge in [0.15, 0.2) is 0 Å². The number of hydrogen-bond donors (Lipinski definition) is 1. The summed E-state index contributed by atoms with van der Waals surface area (Å²) in [5.74, 6) is -1.59. The highest BCUT2D eigenvalue weighted by atomic mass is 35.5. The van der Waals surface area contributed by atoms with Crippen LogP contribution in [0.3, 0.4) is 0 Å². The third-order valence-corrected chi connectivity index (χ3v) is 4.45. The number of anilines is 1. The van der Waals surface area contributed by atoms with Gasteiger partial charge < -0.3 is 10.0 Å². The molecule has 3 rings (SSSR count). The van der Waals surface area contributed by atoms with Crippen molar-refractivity contribution in [3.8, 4) is 0 Å². The number of hydrogen-bond acceptors (Lipinski definition) is 2. The third kappa shape index (κ3) is 2.82. The third-order valence-electron chi connectivity index (χ3n) is 4.20. The fourth-order valence-electron chi connectivity index (χ4n) is 3.09. The van der Waals surface area contributed by atoms with Gasteiger partial charge in [-0.25, -0.2) is 0 Å². The first-order valence-corrected chi connectivity index (χ1v) is 7.77. The highest BCUT2D eigenvalue weighted by Gasteiger charge is 2.37. The van der Waals surface area contributed by atoms with Gasteiger partial charge in [-0.1, -0.05) is 29.8 Å². The van der Waals surface area contributed by atoms with Crippen molar-refractivity contribution in [3.63, 3.8) is 0 Å². The molecule has 0 radical (unpaired) electrons. The number of nitrogens with zero attached hydrogens (tertiary/aromatic N) is 1. The minimum atomic E-state index is -0.858. The summed E-state index contributed by atoms with van der Waals surface area (Å²) in [6, 6.07) is 13.7. The Labute approximate surface area is 139 Å². The van der Waals surface area contributed by atoms with Gasteiger partial charge in [-0.15, -0.1) is 0 Å². The number of carboxylic acids is 1. The number of fused-ring (bicyclic) bond motifs is 1. The molecular weight excluding hydrogens is 314 g/mol. The fraction of sp³-hybridized carbons (Fsp3) is 0.222. The summed E-state index contributed by atoms with van der Waals surface area (Å²) in [5.41, 5.74) is 1.88. The molecule has 1 aliphatic rings. The molecule has 2 aromatic rings. The van der Waals surface area contributed by atoms with Crippen molar-refractivity contribution >= 4 is 29.2 Å². The molecule has 2 unspecified atom stereocenters. The Morgan fingerprint density at radius 1 is 1.13 bits per heavy atom. The maximum Gasteiger partial charge on any atom is 0.311 e. The molecule has 5 heteroatoms. The monoisotopic (exact) mass is 329 g/mol. The van der Waals surface area contributed by atoms with Gasteiger partial charge in [0.2, 0.25) is 0 Å².